The number of aromatic nitrogens is 2. The van der Waals surface area contributed by atoms with Crippen LogP contribution in [0.1, 0.15) is 21.5 Å². The van der Waals surface area contributed by atoms with E-state index in [0.717, 1.165) is 22.4 Å². The van der Waals surface area contributed by atoms with Crippen molar-refractivity contribution in [3.8, 4) is 11.3 Å². The summed E-state index contributed by atoms with van der Waals surface area (Å²) in [6.45, 7) is 3.86. The molecule has 0 aliphatic carbocycles. The number of aryl methyl sites for hydroxylation is 2. The molecule has 2 aromatic rings. The molecule has 1 aromatic heterocycles. The van der Waals surface area contributed by atoms with Gasteiger partial charge in [0, 0.05) is 18.7 Å². The number of ether oxygens (including phenoxy) is 1. The van der Waals surface area contributed by atoms with Crippen LogP contribution in [-0.2, 0) is 11.8 Å². The Morgan fingerprint density at radius 2 is 2.00 bits per heavy atom. The fraction of sp³-hybridized carbons (Fsp3) is 0.286. The highest BCUT2D eigenvalue weighted by Crippen LogP contribution is 2.25. The lowest BCUT2D eigenvalue weighted by Crippen LogP contribution is -2.05. The van der Waals surface area contributed by atoms with Crippen LogP contribution < -0.4 is 5.73 Å². The molecule has 2 rings (SSSR count). The van der Waals surface area contributed by atoms with Crippen molar-refractivity contribution in [3.05, 3.63) is 34.9 Å². The number of nitrogen functional groups attached to an aromatic ring is 1. The van der Waals surface area contributed by atoms with Crippen LogP contribution in [0.25, 0.3) is 11.3 Å². The Labute approximate surface area is 112 Å². The average Bonchev–Trinajstić information content (AvgIpc) is 2.72. The summed E-state index contributed by atoms with van der Waals surface area (Å²) in [6.07, 6.45) is 0. The third-order valence-electron chi connectivity index (χ3n) is 3.28. The number of esters is 1. The molecule has 0 unspecified atom stereocenters. The molecule has 0 aliphatic rings. The molecular weight excluding hydrogens is 242 g/mol. The van der Waals surface area contributed by atoms with Crippen LogP contribution in [-0.4, -0.2) is 22.9 Å². The fourth-order valence-corrected chi connectivity index (χ4v) is 1.95. The lowest BCUT2D eigenvalue weighted by molar-refractivity contribution is 0.0600. The predicted octanol–water partition coefficient (Wildman–Crippen LogP) is 2.07. The number of carbonyl (C=O) groups is 1. The van der Waals surface area contributed by atoms with Gasteiger partial charge in [0.25, 0.3) is 0 Å². The maximum atomic E-state index is 11.8. The number of methoxy groups -OCH3 is 1. The molecule has 0 saturated heterocycles. The third kappa shape index (κ3) is 2.31. The molecule has 0 radical (unpaired) electrons. The van der Waals surface area contributed by atoms with Crippen molar-refractivity contribution in [2.75, 3.05) is 12.8 Å². The molecule has 1 heterocycles. The van der Waals surface area contributed by atoms with Gasteiger partial charge in [-0.1, -0.05) is 0 Å². The first kappa shape index (κ1) is 13.1. The van der Waals surface area contributed by atoms with E-state index in [1.54, 1.807) is 23.9 Å². The van der Waals surface area contributed by atoms with E-state index in [9.17, 15) is 4.79 Å². The first-order chi connectivity index (χ1) is 8.93. The minimum atomic E-state index is -0.341. The van der Waals surface area contributed by atoms with Gasteiger partial charge in [0.2, 0.25) is 0 Å². The smallest absolute Gasteiger partial charge is 0.338 e. The Kier molecular flexibility index (Phi) is 3.29. The van der Waals surface area contributed by atoms with E-state index in [1.807, 2.05) is 19.9 Å². The van der Waals surface area contributed by atoms with Crippen molar-refractivity contribution in [2.24, 2.45) is 7.05 Å². The summed E-state index contributed by atoms with van der Waals surface area (Å²) in [6, 6.07) is 5.56. The molecule has 0 amide bonds. The molecule has 19 heavy (non-hydrogen) atoms. The molecule has 0 atom stereocenters. The second-order valence-corrected chi connectivity index (χ2v) is 4.54. The van der Waals surface area contributed by atoms with Crippen LogP contribution in [0.2, 0.25) is 0 Å². The first-order valence-electron chi connectivity index (χ1n) is 5.93. The van der Waals surface area contributed by atoms with Gasteiger partial charge >= 0.3 is 5.97 Å². The number of rotatable bonds is 2. The predicted molar refractivity (Wildman–Crippen MR) is 73.9 cm³/mol. The number of hydrogen-bond acceptors (Lipinski definition) is 4. The van der Waals surface area contributed by atoms with Gasteiger partial charge in [0.05, 0.1) is 18.4 Å². The summed E-state index contributed by atoms with van der Waals surface area (Å²) in [7, 11) is 3.16. The molecule has 0 aliphatic heterocycles. The second-order valence-electron chi connectivity index (χ2n) is 4.54. The van der Waals surface area contributed by atoms with Crippen molar-refractivity contribution in [1.82, 2.24) is 9.78 Å². The van der Waals surface area contributed by atoms with Gasteiger partial charge in [-0.3, -0.25) is 4.68 Å². The average molecular weight is 259 g/mol. The van der Waals surface area contributed by atoms with E-state index in [1.165, 1.54) is 7.11 Å². The van der Waals surface area contributed by atoms with Crippen molar-refractivity contribution in [3.63, 3.8) is 0 Å². The second kappa shape index (κ2) is 4.76. The maximum Gasteiger partial charge on any atom is 0.338 e. The Morgan fingerprint density at radius 1 is 1.32 bits per heavy atom. The summed E-state index contributed by atoms with van der Waals surface area (Å²) in [5, 5.41) is 4.32. The van der Waals surface area contributed by atoms with Crippen LogP contribution in [0.15, 0.2) is 18.2 Å². The number of hydrogen-bond donors (Lipinski definition) is 1. The standard InChI is InChI=1S/C14H17N3O2/c1-8-5-10(12-7-13(15)17(3)16-12)6-11(9(8)2)14(18)19-4/h5-7H,15H2,1-4H3. The Morgan fingerprint density at radius 3 is 2.53 bits per heavy atom. The zero-order valence-corrected chi connectivity index (χ0v) is 11.5. The molecule has 100 valence electrons. The van der Waals surface area contributed by atoms with E-state index < -0.39 is 0 Å². The van der Waals surface area contributed by atoms with Crippen molar-refractivity contribution in [1.29, 1.82) is 0 Å². The van der Waals surface area contributed by atoms with Gasteiger partial charge in [-0.2, -0.15) is 5.10 Å². The monoisotopic (exact) mass is 259 g/mol. The quantitative estimate of drug-likeness (QED) is 0.838. The summed E-state index contributed by atoms with van der Waals surface area (Å²) in [5.41, 5.74) is 9.87. The Hall–Kier alpha value is -2.30. The van der Waals surface area contributed by atoms with Crippen LogP contribution >= 0.6 is 0 Å². The highest BCUT2D eigenvalue weighted by Gasteiger charge is 2.14. The third-order valence-corrected chi connectivity index (χ3v) is 3.28. The van der Waals surface area contributed by atoms with Crippen molar-refractivity contribution < 1.29 is 9.53 Å². The van der Waals surface area contributed by atoms with Crippen LogP contribution in [0.5, 0.6) is 0 Å². The summed E-state index contributed by atoms with van der Waals surface area (Å²) < 4.78 is 6.40. The van der Waals surface area contributed by atoms with Crippen molar-refractivity contribution >= 4 is 11.8 Å². The number of nitrogens with two attached hydrogens (primary N) is 1. The molecule has 5 heteroatoms. The van der Waals surface area contributed by atoms with Gasteiger partial charge in [-0.15, -0.1) is 0 Å². The van der Waals surface area contributed by atoms with Crippen LogP contribution in [0, 0.1) is 13.8 Å². The minimum absolute atomic E-state index is 0.341. The van der Waals surface area contributed by atoms with Gasteiger partial charge in [0.1, 0.15) is 5.82 Å². The number of carbonyl (C=O) groups excluding carboxylic acids is 1. The van der Waals surface area contributed by atoms with E-state index in [2.05, 4.69) is 5.10 Å². The van der Waals surface area contributed by atoms with Crippen molar-refractivity contribution in [2.45, 2.75) is 13.8 Å². The fourth-order valence-electron chi connectivity index (χ4n) is 1.95. The zero-order chi connectivity index (χ0) is 14.2. The topological polar surface area (TPSA) is 70.1 Å². The maximum absolute atomic E-state index is 11.8. The minimum Gasteiger partial charge on any atom is -0.465 e. The number of anilines is 1. The number of nitrogens with zero attached hydrogens (tertiary/aromatic N) is 2. The van der Waals surface area contributed by atoms with Gasteiger partial charge in [0.15, 0.2) is 0 Å². The SMILES string of the molecule is COC(=O)c1cc(-c2cc(N)n(C)n2)cc(C)c1C. The molecule has 0 spiro atoms. The van der Waals surface area contributed by atoms with Gasteiger partial charge in [-0.25, -0.2) is 4.79 Å². The highest BCUT2D eigenvalue weighted by atomic mass is 16.5. The molecule has 0 saturated carbocycles. The normalized spacial score (nSPS) is 10.5. The Balaban J connectivity index is 2.59. The van der Waals surface area contributed by atoms with E-state index in [-0.39, 0.29) is 5.97 Å². The molecule has 1 aromatic carbocycles. The zero-order valence-electron chi connectivity index (χ0n) is 11.5. The summed E-state index contributed by atoms with van der Waals surface area (Å²) in [4.78, 5) is 11.8. The molecule has 5 nitrogen and oxygen atoms in total. The molecule has 0 bridgehead atoms. The summed E-state index contributed by atoms with van der Waals surface area (Å²) in [5.74, 6) is 0.235. The highest BCUT2D eigenvalue weighted by molar-refractivity contribution is 5.93. The Bertz CT molecular complexity index is 625. The van der Waals surface area contributed by atoms with Gasteiger partial charge in [-0.05, 0) is 37.1 Å². The van der Waals surface area contributed by atoms with Crippen LogP contribution in [0.3, 0.4) is 0 Å². The van der Waals surface area contributed by atoms with Gasteiger partial charge < -0.3 is 10.5 Å². The summed E-state index contributed by atoms with van der Waals surface area (Å²) >= 11 is 0. The van der Waals surface area contributed by atoms with E-state index >= 15 is 0 Å². The lowest BCUT2D eigenvalue weighted by atomic mass is 9.98. The van der Waals surface area contributed by atoms with E-state index in [0.29, 0.717) is 11.4 Å². The first-order valence-corrected chi connectivity index (χ1v) is 5.93. The largest absolute Gasteiger partial charge is 0.465 e. The lowest BCUT2D eigenvalue weighted by Gasteiger charge is -2.09. The van der Waals surface area contributed by atoms with E-state index in [4.69, 9.17) is 10.5 Å². The molecular formula is C14H17N3O2. The molecule has 2 N–H and O–H groups in total. The molecule has 0 fully saturated rings. The van der Waals surface area contributed by atoms with Crippen LogP contribution in [0.4, 0.5) is 5.82 Å². The number of benzene rings is 1.